The van der Waals surface area contributed by atoms with E-state index in [4.69, 9.17) is 0 Å². The molecular formula is C7H11NaO7. The quantitative estimate of drug-likeness (QED) is 0.403. The summed E-state index contributed by atoms with van der Waals surface area (Å²) in [6.45, 7) is 0. The summed E-state index contributed by atoms with van der Waals surface area (Å²) < 4.78 is 9.22. The Labute approximate surface area is 108 Å². The van der Waals surface area contributed by atoms with Gasteiger partial charge in [-0.05, 0) is 0 Å². The maximum absolute atomic E-state index is 10.4. The normalized spacial score (nSPS) is 40.7. The SMILES string of the molecule is CO[C@@H]1OC(C(=O)[O-])[C@@H](O)C(O)C1O.[Na+]. The fraction of sp³-hybridized carbons (Fsp3) is 0.857. The molecule has 8 heteroatoms. The molecule has 0 aromatic rings. The van der Waals surface area contributed by atoms with E-state index in [-0.39, 0.29) is 29.6 Å². The number of carboxylic acids is 1. The van der Waals surface area contributed by atoms with Gasteiger partial charge >= 0.3 is 29.6 Å². The van der Waals surface area contributed by atoms with Gasteiger partial charge in [0.25, 0.3) is 0 Å². The molecule has 0 saturated carbocycles. The Bertz CT molecular complexity index is 221. The molecule has 7 nitrogen and oxygen atoms in total. The summed E-state index contributed by atoms with van der Waals surface area (Å²) in [6.07, 6.45) is -7.88. The summed E-state index contributed by atoms with van der Waals surface area (Å²) in [6, 6.07) is 0. The van der Waals surface area contributed by atoms with Gasteiger partial charge in [-0.1, -0.05) is 0 Å². The molecule has 0 amide bonds. The van der Waals surface area contributed by atoms with Gasteiger partial charge < -0.3 is 34.7 Å². The fourth-order valence-electron chi connectivity index (χ4n) is 1.24. The largest absolute Gasteiger partial charge is 1.00 e. The molecule has 1 rings (SSSR count). The maximum Gasteiger partial charge on any atom is 1.00 e. The predicted molar refractivity (Wildman–Crippen MR) is 38.7 cm³/mol. The van der Waals surface area contributed by atoms with Gasteiger partial charge in [-0.3, -0.25) is 0 Å². The first-order valence-electron chi connectivity index (χ1n) is 3.92. The van der Waals surface area contributed by atoms with E-state index in [1.54, 1.807) is 0 Å². The summed E-state index contributed by atoms with van der Waals surface area (Å²) in [7, 11) is 1.17. The molecule has 0 bridgehead atoms. The van der Waals surface area contributed by atoms with Crippen LogP contribution in [0.1, 0.15) is 0 Å². The second-order valence-corrected chi connectivity index (χ2v) is 2.95. The Morgan fingerprint density at radius 2 is 1.80 bits per heavy atom. The Balaban J connectivity index is 0.00000196. The van der Waals surface area contributed by atoms with Gasteiger partial charge in [-0.25, -0.2) is 0 Å². The summed E-state index contributed by atoms with van der Waals surface area (Å²) in [5.74, 6) is -1.68. The van der Waals surface area contributed by atoms with Crippen LogP contribution in [-0.2, 0) is 14.3 Å². The van der Waals surface area contributed by atoms with E-state index in [0.717, 1.165) is 0 Å². The van der Waals surface area contributed by atoms with Crippen LogP contribution in [0.15, 0.2) is 0 Å². The van der Waals surface area contributed by atoms with Crippen molar-refractivity contribution in [2.75, 3.05) is 7.11 Å². The summed E-state index contributed by atoms with van der Waals surface area (Å²) in [4.78, 5) is 10.4. The van der Waals surface area contributed by atoms with E-state index < -0.39 is 36.7 Å². The minimum Gasteiger partial charge on any atom is -0.547 e. The Morgan fingerprint density at radius 3 is 2.20 bits per heavy atom. The Morgan fingerprint density at radius 1 is 1.27 bits per heavy atom. The minimum absolute atomic E-state index is 0. The van der Waals surface area contributed by atoms with E-state index in [2.05, 4.69) is 9.47 Å². The van der Waals surface area contributed by atoms with Crippen LogP contribution in [0.25, 0.3) is 0 Å². The van der Waals surface area contributed by atoms with Crippen molar-refractivity contribution in [3.8, 4) is 0 Å². The topological polar surface area (TPSA) is 119 Å². The molecule has 0 radical (unpaired) electrons. The van der Waals surface area contributed by atoms with E-state index in [1.807, 2.05) is 0 Å². The first kappa shape index (κ1) is 15.3. The van der Waals surface area contributed by atoms with Gasteiger partial charge in [-0.2, -0.15) is 0 Å². The zero-order chi connectivity index (χ0) is 10.9. The van der Waals surface area contributed by atoms with E-state index >= 15 is 0 Å². The first-order chi connectivity index (χ1) is 6.49. The van der Waals surface area contributed by atoms with Crippen LogP contribution in [0.4, 0.5) is 0 Å². The van der Waals surface area contributed by atoms with Crippen molar-refractivity contribution in [2.24, 2.45) is 0 Å². The molecule has 15 heavy (non-hydrogen) atoms. The number of hydrogen-bond donors (Lipinski definition) is 3. The number of aliphatic hydroxyl groups excluding tert-OH is 3. The van der Waals surface area contributed by atoms with Crippen molar-refractivity contribution < 1.29 is 64.3 Å². The van der Waals surface area contributed by atoms with Crippen LogP contribution in [0, 0.1) is 0 Å². The molecule has 1 heterocycles. The number of carbonyl (C=O) groups excluding carboxylic acids is 1. The maximum atomic E-state index is 10.4. The van der Waals surface area contributed by atoms with Crippen molar-refractivity contribution in [3.05, 3.63) is 0 Å². The third kappa shape index (κ3) is 3.11. The number of carboxylic acid groups (broad SMARTS) is 1. The average molecular weight is 230 g/mol. The van der Waals surface area contributed by atoms with Crippen LogP contribution in [0.2, 0.25) is 0 Å². The smallest absolute Gasteiger partial charge is 0.547 e. The number of aliphatic carboxylic acids is 1. The van der Waals surface area contributed by atoms with Gasteiger partial charge in [0.15, 0.2) is 6.29 Å². The number of aliphatic hydroxyl groups is 3. The first-order valence-corrected chi connectivity index (χ1v) is 3.92. The monoisotopic (exact) mass is 230 g/mol. The number of carbonyl (C=O) groups is 1. The number of rotatable bonds is 2. The molecule has 3 unspecified atom stereocenters. The average Bonchev–Trinajstić information content (AvgIpc) is 2.14. The third-order valence-corrected chi connectivity index (χ3v) is 2.03. The molecular weight excluding hydrogens is 219 g/mol. The third-order valence-electron chi connectivity index (χ3n) is 2.03. The fourth-order valence-corrected chi connectivity index (χ4v) is 1.24. The molecule has 1 fully saturated rings. The zero-order valence-corrected chi connectivity index (χ0v) is 10.4. The molecule has 0 aliphatic carbocycles. The zero-order valence-electron chi connectivity index (χ0n) is 8.36. The van der Waals surface area contributed by atoms with Crippen LogP contribution < -0.4 is 34.7 Å². The predicted octanol–water partition coefficient (Wildman–Crippen LogP) is -6.81. The van der Waals surface area contributed by atoms with Gasteiger partial charge in [-0.15, -0.1) is 0 Å². The van der Waals surface area contributed by atoms with Crippen molar-refractivity contribution in [1.29, 1.82) is 0 Å². The van der Waals surface area contributed by atoms with Crippen LogP contribution >= 0.6 is 0 Å². The molecule has 3 N–H and O–H groups in total. The van der Waals surface area contributed by atoms with Gasteiger partial charge in [0, 0.05) is 7.11 Å². The van der Waals surface area contributed by atoms with Crippen LogP contribution in [0.5, 0.6) is 0 Å². The second kappa shape index (κ2) is 6.12. The molecule has 1 aliphatic heterocycles. The number of ether oxygens (including phenoxy) is 2. The van der Waals surface area contributed by atoms with Gasteiger partial charge in [0.05, 0.1) is 5.97 Å². The second-order valence-electron chi connectivity index (χ2n) is 2.95. The van der Waals surface area contributed by atoms with Crippen molar-refractivity contribution in [2.45, 2.75) is 30.7 Å². The number of methoxy groups -OCH3 is 1. The molecule has 0 aromatic heterocycles. The Hall–Kier alpha value is 0.270. The van der Waals surface area contributed by atoms with Crippen molar-refractivity contribution in [1.82, 2.24) is 0 Å². The van der Waals surface area contributed by atoms with Crippen LogP contribution in [-0.4, -0.2) is 59.1 Å². The van der Waals surface area contributed by atoms with Gasteiger partial charge in [0.2, 0.25) is 0 Å². The molecule has 1 aliphatic rings. The van der Waals surface area contributed by atoms with E-state index in [0.29, 0.717) is 0 Å². The van der Waals surface area contributed by atoms with Crippen molar-refractivity contribution >= 4 is 5.97 Å². The Kier molecular flexibility index (Phi) is 6.23. The van der Waals surface area contributed by atoms with E-state index in [1.165, 1.54) is 7.11 Å². The summed E-state index contributed by atoms with van der Waals surface area (Å²) >= 11 is 0. The van der Waals surface area contributed by atoms with Crippen molar-refractivity contribution in [3.63, 3.8) is 0 Å². The van der Waals surface area contributed by atoms with Gasteiger partial charge in [0.1, 0.15) is 24.4 Å². The van der Waals surface area contributed by atoms with Crippen LogP contribution in [0.3, 0.4) is 0 Å². The standard InChI is InChI=1S/C7H12O7.Na/c1-13-7-4(10)2(8)3(9)5(14-7)6(11)12;/h2-5,7-10H,1H3,(H,11,12);/q;+1/p-1/t2?,3-,4?,5?,7+;/m0./s1. The molecule has 82 valence electrons. The molecule has 0 aromatic carbocycles. The number of hydrogen-bond acceptors (Lipinski definition) is 7. The summed E-state index contributed by atoms with van der Waals surface area (Å²) in [5, 5.41) is 38.1. The molecule has 0 spiro atoms. The van der Waals surface area contributed by atoms with E-state index in [9.17, 15) is 25.2 Å². The molecule has 5 atom stereocenters. The minimum atomic E-state index is -1.73. The summed E-state index contributed by atoms with van der Waals surface area (Å²) in [5.41, 5.74) is 0. The molecule has 1 saturated heterocycles.